The molecule has 2 N–H and O–H groups in total. The summed E-state index contributed by atoms with van der Waals surface area (Å²) in [7, 11) is 0. The van der Waals surface area contributed by atoms with Gasteiger partial charge in [0.15, 0.2) is 5.82 Å². The molecule has 0 unspecified atom stereocenters. The molecular weight excluding hydrogens is 306 g/mol. The highest BCUT2D eigenvalue weighted by Gasteiger charge is 2.22. The van der Waals surface area contributed by atoms with Crippen molar-refractivity contribution in [2.45, 2.75) is 19.9 Å². The smallest absolute Gasteiger partial charge is 0.323 e. The topological polar surface area (TPSA) is 73.6 Å². The lowest BCUT2D eigenvalue weighted by atomic mass is 10.2. The summed E-state index contributed by atoms with van der Waals surface area (Å²) in [5.74, 6) is 0.831. The minimum absolute atomic E-state index is 0.125. The Hall–Kier alpha value is -2.70. The largest absolute Gasteiger partial charge is 0.508 e. The van der Waals surface area contributed by atoms with E-state index < -0.39 is 0 Å². The monoisotopic (exact) mass is 329 g/mol. The van der Waals surface area contributed by atoms with Crippen molar-refractivity contribution in [2.75, 3.05) is 36.4 Å². The van der Waals surface area contributed by atoms with Gasteiger partial charge in [0.1, 0.15) is 5.75 Å². The molecule has 1 saturated heterocycles. The molecule has 7 nitrogen and oxygen atoms in total. The van der Waals surface area contributed by atoms with Crippen LogP contribution in [0.2, 0.25) is 0 Å². The summed E-state index contributed by atoms with van der Waals surface area (Å²) in [6.45, 7) is 6.81. The van der Waals surface area contributed by atoms with E-state index in [1.54, 1.807) is 23.1 Å². The Bertz CT molecular complexity index is 705. The van der Waals surface area contributed by atoms with Crippen LogP contribution in [0.3, 0.4) is 0 Å². The van der Waals surface area contributed by atoms with Gasteiger partial charge in [0, 0.05) is 56.2 Å². The number of carbonyl (C=O) groups is 1. The third kappa shape index (κ3) is 3.61. The maximum atomic E-state index is 12.4. The van der Waals surface area contributed by atoms with Gasteiger partial charge in [-0.05, 0) is 26.0 Å². The molecule has 1 aromatic heterocycles. The zero-order chi connectivity index (χ0) is 17.1. The van der Waals surface area contributed by atoms with Crippen molar-refractivity contribution >= 4 is 17.5 Å². The Morgan fingerprint density at radius 1 is 1.21 bits per heavy atom. The molecule has 128 valence electrons. The highest BCUT2D eigenvalue weighted by atomic mass is 16.3. The zero-order valence-corrected chi connectivity index (χ0v) is 14.0. The van der Waals surface area contributed by atoms with Gasteiger partial charge in [0.2, 0.25) is 0 Å². The maximum Gasteiger partial charge on any atom is 0.323 e. The molecule has 0 aliphatic carbocycles. The van der Waals surface area contributed by atoms with E-state index in [0.29, 0.717) is 18.9 Å². The third-order valence-electron chi connectivity index (χ3n) is 4.13. The Balaban J connectivity index is 1.55. The number of nitrogens with zero attached hydrogens (tertiary/aromatic N) is 4. The van der Waals surface area contributed by atoms with Crippen molar-refractivity contribution < 1.29 is 9.90 Å². The van der Waals surface area contributed by atoms with Gasteiger partial charge in [0.05, 0.1) is 0 Å². The Morgan fingerprint density at radius 3 is 2.58 bits per heavy atom. The van der Waals surface area contributed by atoms with Gasteiger partial charge in [-0.25, -0.2) is 4.79 Å². The summed E-state index contributed by atoms with van der Waals surface area (Å²) in [4.78, 5) is 16.3. The van der Waals surface area contributed by atoms with E-state index >= 15 is 0 Å². The van der Waals surface area contributed by atoms with E-state index in [9.17, 15) is 9.90 Å². The van der Waals surface area contributed by atoms with Gasteiger partial charge in [-0.15, -0.1) is 0 Å². The number of aromatic hydroxyl groups is 1. The molecule has 2 heterocycles. The van der Waals surface area contributed by atoms with Crippen molar-refractivity contribution in [2.24, 2.45) is 0 Å². The number of phenols is 1. The highest BCUT2D eigenvalue weighted by molar-refractivity contribution is 5.88. The lowest BCUT2D eigenvalue weighted by Crippen LogP contribution is -2.50. The number of hydrogen-bond acceptors (Lipinski definition) is 4. The number of piperazine rings is 1. The number of amides is 2. The average Bonchev–Trinajstić information content (AvgIpc) is 3.04. The molecule has 0 atom stereocenters. The normalized spacial score (nSPS) is 15.0. The molecule has 1 aliphatic rings. The number of carbonyl (C=O) groups excluding carboxylic acids is 1. The second-order valence-electron chi connectivity index (χ2n) is 6.20. The fourth-order valence-corrected chi connectivity index (χ4v) is 2.74. The van der Waals surface area contributed by atoms with Crippen molar-refractivity contribution in [1.29, 1.82) is 0 Å². The summed E-state index contributed by atoms with van der Waals surface area (Å²) in [6, 6.07) is 9.14. The molecule has 24 heavy (non-hydrogen) atoms. The van der Waals surface area contributed by atoms with Crippen LogP contribution >= 0.6 is 0 Å². The standard InChI is InChI=1S/C17H23N5O2/c1-13(2)22-7-6-16(19-22)18-17(24)21-10-8-20(9-11-21)14-4-3-5-15(23)12-14/h3-7,12-13,23H,8-11H2,1-2H3,(H,18,19,24). The van der Waals surface area contributed by atoms with Gasteiger partial charge >= 0.3 is 6.03 Å². The van der Waals surface area contributed by atoms with Crippen LogP contribution in [0.15, 0.2) is 36.5 Å². The minimum Gasteiger partial charge on any atom is -0.508 e. The first-order chi connectivity index (χ1) is 11.5. The number of aromatic nitrogens is 2. The van der Waals surface area contributed by atoms with Crippen LogP contribution in [-0.4, -0.2) is 52.0 Å². The van der Waals surface area contributed by atoms with Crippen LogP contribution in [-0.2, 0) is 0 Å². The van der Waals surface area contributed by atoms with E-state index in [0.717, 1.165) is 18.8 Å². The second-order valence-corrected chi connectivity index (χ2v) is 6.20. The molecule has 0 saturated carbocycles. The molecule has 1 fully saturated rings. The number of benzene rings is 1. The van der Waals surface area contributed by atoms with Crippen LogP contribution in [0, 0.1) is 0 Å². The summed E-state index contributed by atoms with van der Waals surface area (Å²) in [5, 5.41) is 16.8. The first-order valence-corrected chi connectivity index (χ1v) is 8.18. The van der Waals surface area contributed by atoms with E-state index in [-0.39, 0.29) is 17.8 Å². The molecule has 3 rings (SSSR count). The summed E-state index contributed by atoms with van der Waals surface area (Å²) in [5.41, 5.74) is 0.978. The van der Waals surface area contributed by atoms with Crippen molar-refractivity contribution in [3.05, 3.63) is 36.5 Å². The molecule has 0 spiro atoms. The quantitative estimate of drug-likeness (QED) is 0.907. The molecule has 1 aliphatic heterocycles. The Kier molecular flexibility index (Phi) is 4.59. The first kappa shape index (κ1) is 16.2. The fraction of sp³-hybridized carbons (Fsp3) is 0.412. The van der Waals surface area contributed by atoms with Crippen LogP contribution in [0.1, 0.15) is 19.9 Å². The predicted molar refractivity (Wildman–Crippen MR) is 93.5 cm³/mol. The molecule has 2 amide bonds. The van der Waals surface area contributed by atoms with Crippen LogP contribution in [0.5, 0.6) is 5.75 Å². The first-order valence-electron chi connectivity index (χ1n) is 8.18. The number of anilines is 2. The van der Waals surface area contributed by atoms with Gasteiger partial charge in [-0.1, -0.05) is 6.07 Å². The lowest BCUT2D eigenvalue weighted by Gasteiger charge is -2.35. The summed E-state index contributed by atoms with van der Waals surface area (Å²) >= 11 is 0. The van der Waals surface area contributed by atoms with E-state index in [1.807, 2.05) is 36.9 Å². The van der Waals surface area contributed by atoms with Crippen LogP contribution in [0.25, 0.3) is 0 Å². The summed E-state index contributed by atoms with van der Waals surface area (Å²) < 4.78 is 1.81. The molecule has 2 aromatic rings. The molecule has 1 aromatic carbocycles. The van der Waals surface area contributed by atoms with Gasteiger partial charge in [0.25, 0.3) is 0 Å². The maximum absolute atomic E-state index is 12.4. The number of nitrogens with one attached hydrogen (secondary N) is 1. The lowest BCUT2D eigenvalue weighted by molar-refractivity contribution is 0.208. The van der Waals surface area contributed by atoms with Gasteiger partial charge in [-0.3, -0.25) is 10.00 Å². The van der Waals surface area contributed by atoms with Gasteiger partial charge < -0.3 is 14.9 Å². The average molecular weight is 329 g/mol. The zero-order valence-electron chi connectivity index (χ0n) is 14.0. The molecule has 0 bridgehead atoms. The highest BCUT2D eigenvalue weighted by Crippen LogP contribution is 2.21. The number of phenolic OH excluding ortho intramolecular Hbond substituents is 1. The van der Waals surface area contributed by atoms with E-state index in [4.69, 9.17) is 0 Å². The van der Waals surface area contributed by atoms with Gasteiger partial charge in [-0.2, -0.15) is 5.10 Å². The summed E-state index contributed by atoms with van der Waals surface area (Å²) in [6.07, 6.45) is 1.86. The minimum atomic E-state index is -0.125. The van der Waals surface area contributed by atoms with E-state index in [1.165, 1.54) is 0 Å². The van der Waals surface area contributed by atoms with Crippen LogP contribution in [0.4, 0.5) is 16.3 Å². The van der Waals surface area contributed by atoms with Crippen LogP contribution < -0.4 is 10.2 Å². The molecule has 0 radical (unpaired) electrons. The molecule has 7 heteroatoms. The third-order valence-corrected chi connectivity index (χ3v) is 4.13. The van der Waals surface area contributed by atoms with Crippen molar-refractivity contribution in [3.8, 4) is 5.75 Å². The number of urea groups is 1. The fourth-order valence-electron chi connectivity index (χ4n) is 2.74. The number of hydrogen-bond donors (Lipinski definition) is 2. The Morgan fingerprint density at radius 2 is 1.96 bits per heavy atom. The molecular formula is C17H23N5O2. The predicted octanol–water partition coefficient (Wildman–Crippen LogP) is 2.52. The second kappa shape index (κ2) is 6.82. The number of rotatable bonds is 3. The van der Waals surface area contributed by atoms with E-state index in [2.05, 4.69) is 15.3 Å². The SMILES string of the molecule is CC(C)n1ccc(NC(=O)N2CCN(c3cccc(O)c3)CC2)n1. The Labute approximate surface area is 141 Å². The van der Waals surface area contributed by atoms with Crippen molar-refractivity contribution in [1.82, 2.24) is 14.7 Å². The van der Waals surface area contributed by atoms with Crippen molar-refractivity contribution in [3.63, 3.8) is 0 Å².